The van der Waals surface area contributed by atoms with Crippen molar-refractivity contribution >= 4 is 31.5 Å². The molecule has 0 heterocycles. The molecule has 0 aliphatic carbocycles. The van der Waals surface area contributed by atoms with Crippen molar-refractivity contribution in [1.29, 1.82) is 0 Å². The van der Waals surface area contributed by atoms with Gasteiger partial charge in [0.1, 0.15) is 0 Å². The van der Waals surface area contributed by atoms with E-state index in [4.69, 9.17) is 4.74 Å². The number of aliphatic imine (C=N–C) groups is 1. The van der Waals surface area contributed by atoms with Crippen LogP contribution in [0.15, 0.2) is 16.0 Å². The summed E-state index contributed by atoms with van der Waals surface area (Å²) in [5.41, 5.74) is 1.03. The molecule has 0 saturated carbocycles. The van der Waals surface area contributed by atoms with E-state index in [0.717, 1.165) is 18.7 Å². The molecule has 0 bridgehead atoms. The lowest BCUT2D eigenvalue weighted by atomic mass is 10.2. The zero-order valence-corrected chi connectivity index (χ0v) is 16.3. The molecule has 21 heavy (non-hydrogen) atoms. The predicted molar refractivity (Wildman–Crippen MR) is 98.2 cm³/mol. The third-order valence-corrected chi connectivity index (χ3v) is 5.38. The van der Waals surface area contributed by atoms with Gasteiger partial charge >= 0.3 is 5.97 Å². The molecule has 122 valence electrons. The molecule has 0 radical (unpaired) electrons. The Morgan fingerprint density at radius 2 is 1.95 bits per heavy atom. The molecule has 0 spiro atoms. The zero-order chi connectivity index (χ0) is 16.3. The van der Waals surface area contributed by atoms with Crippen LogP contribution in [0.5, 0.6) is 0 Å². The lowest BCUT2D eigenvalue weighted by Gasteiger charge is -2.17. The van der Waals surface area contributed by atoms with Crippen LogP contribution in [0.4, 0.5) is 0 Å². The van der Waals surface area contributed by atoms with Gasteiger partial charge in [-0.2, -0.15) is 0 Å². The molecule has 0 aromatic carbocycles. The third kappa shape index (κ3) is 12.9. The summed E-state index contributed by atoms with van der Waals surface area (Å²) in [6.07, 6.45) is 6.60. The van der Waals surface area contributed by atoms with E-state index in [1.165, 1.54) is 10.9 Å². The first kappa shape index (κ1) is 20.4. The van der Waals surface area contributed by atoms with Crippen molar-refractivity contribution in [2.45, 2.75) is 58.8 Å². The molecule has 0 atom stereocenters. The molecule has 0 amide bonds. The zero-order valence-electron chi connectivity index (χ0n) is 14.5. The lowest BCUT2D eigenvalue weighted by Crippen LogP contribution is -2.19. The van der Waals surface area contributed by atoms with Crippen LogP contribution in [0.25, 0.3) is 0 Å². The molecular formula is C16H31NO2SSi. The molecule has 0 aliphatic rings. The fourth-order valence-electron chi connectivity index (χ4n) is 1.83. The summed E-state index contributed by atoms with van der Waals surface area (Å²) in [5.74, 6) is -0.133. The fraction of sp³-hybridized carbons (Fsp3) is 0.750. The molecule has 3 nitrogen and oxygen atoms in total. The Hall–Kier alpha value is -0.553. The average Bonchev–Trinajstić information content (AvgIpc) is 2.39. The molecule has 0 fully saturated rings. The maximum atomic E-state index is 11.3. The Labute approximate surface area is 135 Å². The van der Waals surface area contributed by atoms with E-state index in [2.05, 4.69) is 37.0 Å². The van der Waals surface area contributed by atoms with Gasteiger partial charge in [-0.1, -0.05) is 25.7 Å². The molecule has 5 heteroatoms. The summed E-state index contributed by atoms with van der Waals surface area (Å²) in [6.45, 7) is 12.3. The Kier molecular flexibility index (Phi) is 10.8. The first-order chi connectivity index (χ1) is 9.78. The Bertz CT molecular complexity index is 373. The van der Waals surface area contributed by atoms with Gasteiger partial charge in [0.25, 0.3) is 0 Å². The topological polar surface area (TPSA) is 38.7 Å². The highest BCUT2D eigenvalue weighted by atomic mass is 32.2. The van der Waals surface area contributed by atoms with Crippen LogP contribution in [0, 0.1) is 0 Å². The number of carbonyl (C=O) groups excluding carboxylic acids is 1. The number of ether oxygens (including phenoxy) is 1. The van der Waals surface area contributed by atoms with Gasteiger partial charge in [-0.05, 0) is 43.9 Å². The smallest absolute Gasteiger partial charge is 0.306 e. The maximum Gasteiger partial charge on any atom is 0.306 e. The van der Waals surface area contributed by atoms with Gasteiger partial charge in [-0.3, -0.25) is 9.79 Å². The second-order valence-corrected chi connectivity index (χ2v) is 12.7. The van der Waals surface area contributed by atoms with E-state index < -0.39 is 8.07 Å². The highest BCUT2D eigenvalue weighted by molar-refractivity contribution is 8.02. The normalized spacial score (nSPS) is 13.4. The predicted octanol–water partition coefficient (Wildman–Crippen LogP) is 4.77. The van der Waals surface area contributed by atoms with Crippen molar-refractivity contribution in [2.24, 2.45) is 4.99 Å². The molecule has 0 aliphatic heterocycles. The summed E-state index contributed by atoms with van der Waals surface area (Å²) < 4.78 is 4.91. The van der Waals surface area contributed by atoms with Crippen LogP contribution in [0.2, 0.25) is 25.7 Å². The quantitative estimate of drug-likeness (QED) is 0.251. The van der Waals surface area contributed by atoms with E-state index in [-0.39, 0.29) is 5.97 Å². The van der Waals surface area contributed by atoms with Crippen molar-refractivity contribution in [3.63, 3.8) is 0 Å². The fourth-order valence-corrected chi connectivity index (χ4v) is 5.18. The number of rotatable bonds is 10. The minimum absolute atomic E-state index is 0.133. The Morgan fingerprint density at radius 1 is 1.29 bits per heavy atom. The van der Waals surface area contributed by atoms with Crippen molar-refractivity contribution < 1.29 is 9.53 Å². The van der Waals surface area contributed by atoms with Crippen LogP contribution in [-0.4, -0.2) is 39.2 Å². The first-order valence-corrected chi connectivity index (χ1v) is 12.6. The summed E-state index contributed by atoms with van der Waals surface area (Å²) in [6, 6.07) is 1.25. The summed E-state index contributed by atoms with van der Waals surface area (Å²) in [7, 11) is -1.03. The first-order valence-electron chi connectivity index (χ1n) is 7.67. The molecule has 0 aromatic heterocycles. The molecular weight excluding hydrogens is 298 g/mol. The summed E-state index contributed by atoms with van der Waals surface area (Å²) in [4.78, 5) is 17.3. The van der Waals surface area contributed by atoms with Crippen molar-refractivity contribution in [1.82, 2.24) is 0 Å². The maximum absolute atomic E-state index is 11.3. The SMILES string of the molecule is CCOC(=O)CCC(C)=NCC/C=C(\C[Si](C)(C)C)SC. The molecule has 0 unspecified atom stereocenters. The van der Waals surface area contributed by atoms with E-state index in [1.54, 1.807) is 0 Å². The van der Waals surface area contributed by atoms with Crippen molar-refractivity contribution in [3.05, 3.63) is 11.0 Å². The van der Waals surface area contributed by atoms with Gasteiger partial charge in [0, 0.05) is 20.3 Å². The molecule has 0 N–H and O–H groups in total. The van der Waals surface area contributed by atoms with Gasteiger partial charge in [0.15, 0.2) is 0 Å². The lowest BCUT2D eigenvalue weighted by molar-refractivity contribution is -0.142. The Morgan fingerprint density at radius 3 is 2.48 bits per heavy atom. The van der Waals surface area contributed by atoms with Crippen molar-refractivity contribution in [2.75, 3.05) is 19.4 Å². The van der Waals surface area contributed by atoms with E-state index in [0.29, 0.717) is 19.4 Å². The Balaban J connectivity index is 4.09. The minimum atomic E-state index is -1.03. The largest absolute Gasteiger partial charge is 0.466 e. The highest BCUT2D eigenvalue weighted by Gasteiger charge is 2.14. The second-order valence-electron chi connectivity index (χ2n) is 6.32. The van der Waals surface area contributed by atoms with E-state index in [9.17, 15) is 4.79 Å². The second kappa shape index (κ2) is 11.1. The highest BCUT2D eigenvalue weighted by Crippen LogP contribution is 2.24. The van der Waals surface area contributed by atoms with E-state index in [1.807, 2.05) is 25.6 Å². The standard InChI is InChI=1S/C16H31NO2SSi/c1-7-19-16(18)11-10-14(2)17-12-8-9-15(20-3)13-21(4,5)6/h9H,7-8,10-13H2,1-6H3/b15-9+,17-14?. The molecule has 0 aromatic rings. The van der Waals surface area contributed by atoms with Crippen LogP contribution >= 0.6 is 11.8 Å². The number of thioether (sulfide) groups is 1. The van der Waals surface area contributed by atoms with Crippen LogP contribution in [0.1, 0.15) is 33.1 Å². The number of allylic oxidation sites excluding steroid dienone is 1. The van der Waals surface area contributed by atoms with Crippen LogP contribution in [0.3, 0.4) is 0 Å². The van der Waals surface area contributed by atoms with Crippen LogP contribution < -0.4 is 0 Å². The number of esters is 1. The van der Waals surface area contributed by atoms with Gasteiger partial charge in [0.05, 0.1) is 13.0 Å². The van der Waals surface area contributed by atoms with Gasteiger partial charge < -0.3 is 4.74 Å². The van der Waals surface area contributed by atoms with Gasteiger partial charge in [0.2, 0.25) is 0 Å². The number of nitrogens with zero attached hydrogens (tertiary/aromatic N) is 1. The average molecular weight is 330 g/mol. The minimum Gasteiger partial charge on any atom is -0.466 e. The van der Waals surface area contributed by atoms with E-state index >= 15 is 0 Å². The summed E-state index contributed by atoms with van der Waals surface area (Å²) in [5, 5.41) is 0. The number of hydrogen-bond donors (Lipinski definition) is 0. The van der Waals surface area contributed by atoms with Crippen molar-refractivity contribution in [3.8, 4) is 0 Å². The third-order valence-electron chi connectivity index (χ3n) is 2.85. The monoisotopic (exact) mass is 329 g/mol. The number of carbonyl (C=O) groups is 1. The van der Waals surface area contributed by atoms with Gasteiger partial charge in [-0.25, -0.2) is 0 Å². The molecule has 0 saturated heterocycles. The summed E-state index contributed by atoms with van der Waals surface area (Å²) >= 11 is 1.86. The van der Waals surface area contributed by atoms with Gasteiger partial charge in [-0.15, -0.1) is 11.8 Å². The number of hydrogen-bond acceptors (Lipinski definition) is 4. The van der Waals surface area contributed by atoms with Crippen LogP contribution in [-0.2, 0) is 9.53 Å². The molecule has 0 rings (SSSR count).